The summed E-state index contributed by atoms with van der Waals surface area (Å²) in [5.41, 5.74) is 2.26. The molecule has 2 aromatic rings. The van der Waals surface area contributed by atoms with E-state index in [0.717, 1.165) is 17.7 Å². The van der Waals surface area contributed by atoms with E-state index in [1.54, 1.807) is 41.3 Å². The Morgan fingerprint density at radius 1 is 1.02 bits per heavy atom. The maximum absolute atomic E-state index is 14.1. The Balaban J connectivity index is 1.33. The van der Waals surface area contributed by atoms with E-state index in [4.69, 9.17) is 26.1 Å². The molecule has 0 aliphatic carbocycles. The van der Waals surface area contributed by atoms with Crippen molar-refractivity contribution in [2.45, 2.75) is 69.8 Å². The summed E-state index contributed by atoms with van der Waals surface area (Å²) >= 11 is 5.94. The Labute approximate surface area is 268 Å². The summed E-state index contributed by atoms with van der Waals surface area (Å²) in [5, 5.41) is 9.02. The van der Waals surface area contributed by atoms with Crippen LogP contribution in [0.3, 0.4) is 0 Å². The molecular weight excluding hydrogens is 598 g/mol. The van der Waals surface area contributed by atoms with Gasteiger partial charge in [-0.15, -0.1) is 0 Å². The number of hydrogen-bond acceptors (Lipinski definition) is 7. The lowest BCUT2D eigenvalue weighted by Gasteiger charge is -2.38. The quantitative estimate of drug-likeness (QED) is 0.356. The van der Waals surface area contributed by atoms with Crippen LogP contribution >= 0.6 is 11.6 Å². The Kier molecular flexibility index (Phi) is 9.67. The van der Waals surface area contributed by atoms with Crippen molar-refractivity contribution in [2.24, 2.45) is 10.9 Å². The first-order valence-electron chi connectivity index (χ1n) is 15.3. The number of likely N-dealkylation sites (tertiary alicyclic amines) is 1. The number of ether oxygens (including phenoxy) is 2. The van der Waals surface area contributed by atoms with Gasteiger partial charge in [-0.05, 0) is 74.6 Å². The largest absolute Gasteiger partial charge is 0.453 e. The molecular formula is C33H40ClN5O6. The van der Waals surface area contributed by atoms with Crippen molar-refractivity contribution >= 4 is 58.4 Å². The van der Waals surface area contributed by atoms with Crippen molar-refractivity contribution in [3.05, 3.63) is 53.1 Å². The number of nitrogens with one attached hydrogen (secondary N) is 3. The monoisotopic (exact) mass is 637 g/mol. The zero-order valence-electron chi connectivity index (χ0n) is 25.9. The fourth-order valence-electron chi connectivity index (χ4n) is 6.48. The van der Waals surface area contributed by atoms with Gasteiger partial charge in [-0.3, -0.25) is 25.2 Å². The van der Waals surface area contributed by atoms with E-state index < -0.39 is 29.1 Å². The molecule has 2 aromatic carbocycles. The molecule has 0 radical (unpaired) electrons. The van der Waals surface area contributed by atoms with Gasteiger partial charge in [-0.1, -0.05) is 31.0 Å². The van der Waals surface area contributed by atoms with Gasteiger partial charge < -0.3 is 19.7 Å². The Morgan fingerprint density at radius 2 is 1.76 bits per heavy atom. The number of amides is 4. The van der Waals surface area contributed by atoms with Crippen molar-refractivity contribution in [3.63, 3.8) is 0 Å². The summed E-state index contributed by atoms with van der Waals surface area (Å²) in [6.07, 6.45) is 2.80. The first-order chi connectivity index (χ1) is 21.5. The molecule has 12 heteroatoms. The molecule has 1 unspecified atom stereocenters. The van der Waals surface area contributed by atoms with Crippen LogP contribution in [0.2, 0.25) is 5.02 Å². The van der Waals surface area contributed by atoms with E-state index in [1.165, 1.54) is 7.11 Å². The second kappa shape index (κ2) is 13.5. The van der Waals surface area contributed by atoms with E-state index in [2.05, 4.69) is 22.9 Å². The zero-order valence-corrected chi connectivity index (χ0v) is 26.7. The molecule has 1 saturated heterocycles. The van der Waals surface area contributed by atoms with Gasteiger partial charge >= 0.3 is 12.2 Å². The smallest absolute Gasteiger partial charge is 0.412 e. The third-order valence-corrected chi connectivity index (χ3v) is 9.20. The maximum atomic E-state index is 14.1. The predicted molar refractivity (Wildman–Crippen MR) is 173 cm³/mol. The molecule has 3 heterocycles. The summed E-state index contributed by atoms with van der Waals surface area (Å²) in [7, 11) is 1.29. The number of benzene rings is 2. The minimum atomic E-state index is -0.840. The summed E-state index contributed by atoms with van der Waals surface area (Å²) in [4.78, 5) is 58.3. The predicted octanol–water partition coefficient (Wildman–Crippen LogP) is 6.38. The highest BCUT2D eigenvalue weighted by Gasteiger charge is 2.44. The molecule has 5 rings (SSSR count). The molecule has 240 valence electrons. The SMILES string of the molecule is COC(=O)Nc1ccc2c(c1)NC(=O)CCCC[C@H](C(=O)N1CC[C@](C)(OC(=O)Nc3ccc(Cl)cc3)C1)C1=NCCC2(C)C1. The summed E-state index contributed by atoms with van der Waals surface area (Å²) in [6.45, 7) is 5.27. The highest BCUT2D eigenvalue weighted by Crippen LogP contribution is 2.42. The fourth-order valence-corrected chi connectivity index (χ4v) is 6.61. The molecule has 3 N–H and O–H groups in total. The standard InChI is InChI=1S/C33H40ClN5O6/c1-32-14-16-35-27(19-32)24(6-4-5-7-28(40)38-26-18-23(12-13-25(26)32)37-30(42)44-3)29(41)39-17-15-33(2,20-39)45-31(43)36-22-10-8-21(34)9-11-22/h8-13,18,24H,4-7,14-17,19-20H2,1-3H3,(H,36,43)(H,37,42)(H,38,40)/t24-,32?,33-/m0/s1. The number of carbonyl (C=O) groups excluding carboxylic acids is 4. The average Bonchev–Trinajstić information content (AvgIpc) is 3.38. The first kappa shape index (κ1) is 32.3. The highest BCUT2D eigenvalue weighted by molar-refractivity contribution is 6.30. The van der Waals surface area contributed by atoms with E-state index in [1.807, 2.05) is 13.0 Å². The van der Waals surface area contributed by atoms with E-state index in [9.17, 15) is 19.2 Å². The van der Waals surface area contributed by atoms with Gasteiger partial charge in [0.1, 0.15) is 5.60 Å². The van der Waals surface area contributed by atoms with Crippen LogP contribution in [0.15, 0.2) is 47.5 Å². The Morgan fingerprint density at radius 3 is 2.51 bits per heavy atom. The van der Waals surface area contributed by atoms with Gasteiger partial charge in [0, 0.05) is 59.1 Å². The lowest BCUT2D eigenvalue weighted by atomic mass is 9.70. The molecule has 1 fully saturated rings. The number of nitrogens with zero attached hydrogens (tertiary/aromatic N) is 2. The molecule has 3 atom stereocenters. The van der Waals surface area contributed by atoms with Gasteiger partial charge in [0.05, 0.1) is 19.6 Å². The first-order valence-corrected chi connectivity index (χ1v) is 15.7. The van der Waals surface area contributed by atoms with Gasteiger partial charge in [0.2, 0.25) is 11.8 Å². The number of fused-ring (bicyclic) bond motifs is 4. The van der Waals surface area contributed by atoms with Crippen molar-refractivity contribution in [1.29, 1.82) is 0 Å². The van der Waals surface area contributed by atoms with Crippen LogP contribution in [-0.2, 0) is 24.5 Å². The summed E-state index contributed by atoms with van der Waals surface area (Å²) in [5.74, 6) is -0.573. The van der Waals surface area contributed by atoms with Crippen LogP contribution in [0.25, 0.3) is 0 Å². The molecule has 4 amide bonds. The van der Waals surface area contributed by atoms with Crippen molar-refractivity contribution in [2.75, 3.05) is 42.7 Å². The topological polar surface area (TPSA) is 138 Å². The number of halogens is 1. The number of carbonyl (C=O) groups is 4. The molecule has 3 aliphatic rings. The van der Waals surface area contributed by atoms with Gasteiger partial charge in [0.25, 0.3) is 0 Å². The van der Waals surface area contributed by atoms with Crippen molar-refractivity contribution in [3.8, 4) is 0 Å². The van der Waals surface area contributed by atoms with Crippen LogP contribution in [0.5, 0.6) is 0 Å². The van der Waals surface area contributed by atoms with Crippen LogP contribution < -0.4 is 16.0 Å². The van der Waals surface area contributed by atoms with Crippen LogP contribution in [-0.4, -0.2) is 67.0 Å². The van der Waals surface area contributed by atoms with Crippen LogP contribution in [0.4, 0.5) is 26.7 Å². The fraction of sp³-hybridized carbons (Fsp3) is 0.485. The normalized spacial score (nSPS) is 25.0. The van der Waals surface area contributed by atoms with Crippen LogP contribution in [0, 0.1) is 5.92 Å². The summed E-state index contributed by atoms with van der Waals surface area (Å²) < 4.78 is 10.5. The third-order valence-electron chi connectivity index (χ3n) is 8.95. The third kappa shape index (κ3) is 7.76. The number of anilines is 3. The van der Waals surface area contributed by atoms with Crippen LogP contribution in [0.1, 0.15) is 64.4 Å². The minimum Gasteiger partial charge on any atom is -0.453 e. The molecule has 0 spiro atoms. The molecule has 45 heavy (non-hydrogen) atoms. The Bertz CT molecular complexity index is 1500. The van der Waals surface area contributed by atoms with Gasteiger partial charge in [-0.25, -0.2) is 9.59 Å². The second-order valence-corrected chi connectivity index (χ2v) is 13.0. The average molecular weight is 638 g/mol. The molecule has 0 aromatic heterocycles. The Hall–Kier alpha value is -4.12. The second-order valence-electron chi connectivity index (χ2n) is 12.6. The van der Waals surface area contributed by atoms with E-state index in [-0.39, 0.29) is 18.4 Å². The van der Waals surface area contributed by atoms with Gasteiger partial charge in [-0.2, -0.15) is 0 Å². The minimum absolute atomic E-state index is 0.0252. The lowest BCUT2D eigenvalue weighted by Crippen LogP contribution is -2.44. The molecule has 2 bridgehead atoms. The zero-order chi connectivity index (χ0) is 32.2. The lowest BCUT2D eigenvalue weighted by molar-refractivity contribution is -0.133. The molecule has 0 saturated carbocycles. The van der Waals surface area contributed by atoms with E-state index in [0.29, 0.717) is 73.7 Å². The van der Waals surface area contributed by atoms with Crippen molar-refractivity contribution in [1.82, 2.24) is 4.90 Å². The summed E-state index contributed by atoms with van der Waals surface area (Å²) in [6, 6.07) is 12.2. The number of hydrogen-bond donors (Lipinski definition) is 3. The molecule has 11 nitrogen and oxygen atoms in total. The van der Waals surface area contributed by atoms with E-state index >= 15 is 0 Å². The number of methoxy groups -OCH3 is 1. The number of aliphatic imine (C=N–C) groups is 1. The highest BCUT2D eigenvalue weighted by atomic mass is 35.5. The number of rotatable bonds is 4. The van der Waals surface area contributed by atoms with Crippen molar-refractivity contribution < 1.29 is 28.7 Å². The van der Waals surface area contributed by atoms with Gasteiger partial charge in [0.15, 0.2) is 0 Å². The molecule has 3 aliphatic heterocycles. The maximum Gasteiger partial charge on any atom is 0.412 e.